The molecule has 1 aromatic carbocycles. The summed E-state index contributed by atoms with van der Waals surface area (Å²) in [4.78, 5) is 11.0. The summed E-state index contributed by atoms with van der Waals surface area (Å²) in [7, 11) is -2.89. The number of hydrogen-bond donors (Lipinski definition) is 2. The van der Waals surface area contributed by atoms with Crippen molar-refractivity contribution in [3.05, 3.63) is 29.3 Å². The van der Waals surface area contributed by atoms with Crippen molar-refractivity contribution in [2.24, 2.45) is 0 Å². The fourth-order valence-electron chi connectivity index (χ4n) is 1.68. The van der Waals surface area contributed by atoms with Gasteiger partial charge in [-0.25, -0.2) is 9.52 Å². The van der Waals surface area contributed by atoms with E-state index >= 15 is 0 Å². The monoisotopic (exact) mass is 286 g/mol. The van der Waals surface area contributed by atoms with Crippen molar-refractivity contribution >= 4 is 22.0 Å². The fourth-order valence-corrected chi connectivity index (χ4v) is 2.57. The van der Waals surface area contributed by atoms with Crippen LogP contribution in [0.25, 0.3) is 0 Å². The molecule has 0 aliphatic carbocycles. The second-order valence-electron chi connectivity index (χ2n) is 3.86. The Morgan fingerprint density at radius 1 is 1.21 bits per heavy atom. The number of rotatable bonds is 5. The molecule has 0 spiro atoms. The van der Waals surface area contributed by atoms with Crippen LogP contribution in [0.2, 0.25) is 0 Å². The van der Waals surface area contributed by atoms with Crippen molar-refractivity contribution in [1.29, 1.82) is 0 Å². The van der Waals surface area contributed by atoms with Crippen LogP contribution in [-0.4, -0.2) is 21.6 Å². The molecule has 0 saturated carbocycles. The lowest BCUT2D eigenvalue weighted by molar-refractivity contribution is 0.177. The average Bonchev–Trinajstić information content (AvgIpc) is 2.37. The Hall–Kier alpha value is -1.76. The first-order valence-corrected chi connectivity index (χ1v) is 7.41. The van der Waals surface area contributed by atoms with E-state index in [4.69, 9.17) is 0 Å². The second kappa shape index (κ2) is 6.42. The van der Waals surface area contributed by atoms with Crippen molar-refractivity contribution in [1.82, 2.24) is 4.72 Å². The highest BCUT2D eigenvalue weighted by molar-refractivity contribution is 7.91. The third kappa shape index (κ3) is 4.13. The molecule has 19 heavy (non-hydrogen) atoms. The molecule has 0 fully saturated rings. The minimum absolute atomic E-state index is 0.518. The number of aryl methyl sites for hydroxylation is 2. The van der Waals surface area contributed by atoms with Gasteiger partial charge in [-0.1, -0.05) is 32.0 Å². The van der Waals surface area contributed by atoms with Crippen LogP contribution in [0.1, 0.15) is 25.0 Å². The minimum atomic E-state index is -3.99. The summed E-state index contributed by atoms with van der Waals surface area (Å²) in [6.45, 7) is 3.86. The SMILES string of the molecule is CCc1cccc(CC)c1NS(=O)(=O)NC(=O)OC. The number of carbonyl (C=O) groups is 1. The van der Waals surface area contributed by atoms with Gasteiger partial charge in [-0.05, 0) is 24.0 Å². The van der Waals surface area contributed by atoms with Gasteiger partial charge >= 0.3 is 16.3 Å². The van der Waals surface area contributed by atoms with Crippen molar-refractivity contribution in [3.8, 4) is 0 Å². The van der Waals surface area contributed by atoms with E-state index in [1.54, 1.807) is 4.72 Å². The van der Waals surface area contributed by atoms with Crippen LogP contribution in [0.4, 0.5) is 10.5 Å². The van der Waals surface area contributed by atoms with Gasteiger partial charge in [0.2, 0.25) is 0 Å². The molecule has 0 aromatic heterocycles. The summed E-state index contributed by atoms with van der Waals surface area (Å²) in [5.74, 6) is 0. The van der Waals surface area contributed by atoms with Gasteiger partial charge < -0.3 is 4.74 Å². The van der Waals surface area contributed by atoms with Crippen LogP contribution in [0.5, 0.6) is 0 Å². The van der Waals surface area contributed by atoms with Gasteiger partial charge in [0.15, 0.2) is 0 Å². The molecule has 0 bridgehead atoms. The number of nitrogens with one attached hydrogen (secondary N) is 2. The third-order valence-corrected chi connectivity index (χ3v) is 3.55. The van der Waals surface area contributed by atoms with E-state index in [-0.39, 0.29) is 0 Å². The first-order chi connectivity index (χ1) is 8.93. The number of ether oxygens (including phenoxy) is 1. The summed E-state index contributed by atoms with van der Waals surface area (Å²) in [5, 5.41) is 0. The molecule has 2 N–H and O–H groups in total. The maximum Gasteiger partial charge on any atom is 0.422 e. The normalized spacial score (nSPS) is 10.9. The standard InChI is InChI=1S/C12H18N2O4S/c1-4-9-7-6-8-10(5-2)11(9)13-19(16,17)14-12(15)18-3/h6-8,13H,4-5H2,1-3H3,(H,14,15). The lowest BCUT2D eigenvalue weighted by Gasteiger charge is -2.15. The highest BCUT2D eigenvalue weighted by atomic mass is 32.2. The maximum absolute atomic E-state index is 11.8. The first-order valence-electron chi connectivity index (χ1n) is 5.92. The van der Waals surface area contributed by atoms with E-state index in [1.165, 1.54) is 0 Å². The molecule has 106 valence electrons. The summed E-state index contributed by atoms with van der Waals surface area (Å²) in [6.07, 6.45) is 0.341. The van der Waals surface area contributed by atoms with E-state index in [1.807, 2.05) is 32.0 Å². The zero-order valence-electron chi connectivity index (χ0n) is 11.2. The molecular weight excluding hydrogens is 268 g/mol. The first kappa shape index (κ1) is 15.3. The fraction of sp³-hybridized carbons (Fsp3) is 0.417. The predicted octanol–water partition coefficient (Wildman–Crippen LogP) is 1.82. The van der Waals surface area contributed by atoms with E-state index in [9.17, 15) is 13.2 Å². The number of hydrogen-bond acceptors (Lipinski definition) is 4. The van der Waals surface area contributed by atoms with Crippen molar-refractivity contribution in [3.63, 3.8) is 0 Å². The van der Waals surface area contributed by atoms with E-state index in [0.29, 0.717) is 18.5 Å². The van der Waals surface area contributed by atoms with Gasteiger partial charge in [-0.15, -0.1) is 0 Å². The Kier molecular flexibility index (Phi) is 5.17. The summed E-state index contributed by atoms with van der Waals surface area (Å²) < 4.78 is 32.0. The summed E-state index contributed by atoms with van der Waals surface area (Å²) >= 11 is 0. The number of carbonyl (C=O) groups excluding carboxylic acids is 1. The molecule has 0 unspecified atom stereocenters. The van der Waals surface area contributed by atoms with Crippen molar-refractivity contribution < 1.29 is 17.9 Å². The quantitative estimate of drug-likeness (QED) is 0.864. The highest BCUT2D eigenvalue weighted by Gasteiger charge is 2.17. The van der Waals surface area contributed by atoms with Crippen LogP contribution in [0, 0.1) is 0 Å². The molecule has 1 rings (SSSR count). The van der Waals surface area contributed by atoms with Gasteiger partial charge in [0.25, 0.3) is 0 Å². The van der Waals surface area contributed by atoms with E-state index < -0.39 is 16.3 Å². The Morgan fingerprint density at radius 2 is 1.74 bits per heavy atom. The smallest absolute Gasteiger partial charge is 0.422 e. The summed E-state index contributed by atoms with van der Waals surface area (Å²) in [6, 6.07) is 5.56. The third-order valence-electron chi connectivity index (χ3n) is 2.64. The molecule has 0 heterocycles. The predicted molar refractivity (Wildman–Crippen MR) is 73.3 cm³/mol. The van der Waals surface area contributed by atoms with Crippen LogP contribution < -0.4 is 9.44 Å². The van der Waals surface area contributed by atoms with Crippen LogP contribution in [0.15, 0.2) is 18.2 Å². The molecule has 1 aromatic rings. The number of methoxy groups -OCH3 is 1. The zero-order valence-corrected chi connectivity index (χ0v) is 12.0. The Labute approximate surface area is 113 Å². The lowest BCUT2D eigenvalue weighted by Crippen LogP contribution is -2.35. The molecule has 0 radical (unpaired) electrons. The Bertz CT molecular complexity index is 533. The minimum Gasteiger partial charge on any atom is -0.452 e. The van der Waals surface area contributed by atoms with Gasteiger partial charge in [0.1, 0.15) is 0 Å². The maximum atomic E-state index is 11.8. The van der Waals surface area contributed by atoms with Gasteiger partial charge in [0.05, 0.1) is 12.8 Å². The second-order valence-corrected chi connectivity index (χ2v) is 5.27. The number of para-hydroxylation sites is 1. The zero-order chi connectivity index (χ0) is 14.5. The van der Waals surface area contributed by atoms with Gasteiger partial charge in [-0.2, -0.15) is 8.42 Å². The Morgan fingerprint density at radius 3 is 2.16 bits per heavy atom. The number of benzene rings is 1. The molecule has 0 atom stereocenters. The molecule has 0 saturated heterocycles. The number of amides is 1. The molecule has 0 aliphatic heterocycles. The number of anilines is 1. The van der Waals surface area contributed by atoms with Crippen LogP contribution in [-0.2, 0) is 27.8 Å². The van der Waals surface area contributed by atoms with E-state index in [2.05, 4.69) is 9.46 Å². The van der Waals surface area contributed by atoms with Crippen molar-refractivity contribution in [2.75, 3.05) is 11.8 Å². The largest absolute Gasteiger partial charge is 0.452 e. The molecule has 6 nitrogen and oxygen atoms in total. The Balaban J connectivity index is 3.07. The topological polar surface area (TPSA) is 84.5 Å². The summed E-state index contributed by atoms with van der Waals surface area (Å²) in [5.41, 5.74) is 2.26. The van der Waals surface area contributed by atoms with Gasteiger partial charge in [0, 0.05) is 0 Å². The van der Waals surface area contributed by atoms with Crippen molar-refractivity contribution in [2.45, 2.75) is 26.7 Å². The van der Waals surface area contributed by atoms with Crippen LogP contribution >= 0.6 is 0 Å². The molecule has 1 amide bonds. The molecular formula is C12H18N2O4S. The van der Waals surface area contributed by atoms with Gasteiger partial charge in [-0.3, -0.25) is 4.72 Å². The highest BCUT2D eigenvalue weighted by Crippen LogP contribution is 2.23. The average molecular weight is 286 g/mol. The molecule has 0 aliphatic rings. The van der Waals surface area contributed by atoms with Crippen LogP contribution in [0.3, 0.4) is 0 Å². The lowest BCUT2D eigenvalue weighted by atomic mass is 10.0. The van der Waals surface area contributed by atoms with E-state index in [0.717, 1.165) is 18.2 Å². The molecule has 7 heteroatoms.